The highest BCUT2D eigenvalue weighted by Gasteiger charge is 2.19. The van der Waals surface area contributed by atoms with Gasteiger partial charge in [-0.25, -0.2) is 4.39 Å². The van der Waals surface area contributed by atoms with Crippen LogP contribution in [0.4, 0.5) is 4.39 Å². The largest absolute Gasteiger partial charge is 0.493 e. The van der Waals surface area contributed by atoms with Crippen LogP contribution in [0.15, 0.2) is 42.5 Å². The summed E-state index contributed by atoms with van der Waals surface area (Å²) in [5.74, 6) is -0.461. The summed E-state index contributed by atoms with van der Waals surface area (Å²) in [6.07, 6.45) is 2.97. The fraction of sp³-hybridized carbons (Fsp3) is 0.481. The van der Waals surface area contributed by atoms with Gasteiger partial charge in [-0.15, -0.1) is 0 Å². The van der Waals surface area contributed by atoms with Crippen LogP contribution in [0.2, 0.25) is 5.02 Å². The van der Waals surface area contributed by atoms with Crippen molar-refractivity contribution in [3.8, 4) is 5.75 Å². The van der Waals surface area contributed by atoms with Crippen LogP contribution < -0.4 is 10.1 Å². The number of piperazine rings is 1. The van der Waals surface area contributed by atoms with E-state index in [2.05, 4.69) is 15.1 Å². The predicted molar refractivity (Wildman–Crippen MR) is 137 cm³/mol. The third kappa shape index (κ3) is 8.91. The summed E-state index contributed by atoms with van der Waals surface area (Å²) in [6, 6.07) is 10.9. The highest BCUT2D eigenvalue weighted by molar-refractivity contribution is 6.30. The molecular formula is C27H35ClFN3O3. The minimum Gasteiger partial charge on any atom is -0.493 e. The molecule has 1 heterocycles. The molecule has 0 unspecified atom stereocenters. The number of hydrogen-bond donors (Lipinski definition) is 1. The van der Waals surface area contributed by atoms with Gasteiger partial charge in [-0.2, -0.15) is 0 Å². The number of nitrogens with one attached hydrogen (secondary N) is 1. The molecule has 6 nitrogen and oxygen atoms in total. The van der Waals surface area contributed by atoms with Crippen molar-refractivity contribution in [1.29, 1.82) is 0 Å². The maximum absolute atomic E-state index is 14.5. The first-order chi connectivity index (χ1) is 16.8. The normalized spacial score (nSPS) is 14.8. The van der Waals surface area contributed by atoms with Crippen molar-refractivity contribution in [3.63, 3.8) is 0 Å². The van der Waals surface area contributed by atoms with E-state index in [1.807, 2.05) is 13.8 Å². The molecule has 0 aromatic heterocycles. The first-order valence-corrected chi connectivity index (χ1v) is 12.7. The number of ether oxygens (including phenoxy) is 1. The van der Waals surface area contributed by atoms with Crippen LogP contribution in [0.5, 0.6) is 5.75 Å². The smallest absolute Gasteiger partial charge is 0.234 e. The molecule has 1 fully saturated rings. The third-order valence-corrected chi connectivity index (χ3v) is 6.21. The van der Waals surface area contributed by atoms with E-state index in [9.17, 15) is 14.0 Å². The van der Waals surface area contributed by atoms with Crippen molar-refractivity contribution < 1.29 is 18.7 Å². The summed E-state index contributed by atoms with van der Waals surface area (Å²) >= 11 is 5.85. The molecule has 8 heteroatoms. The molecular weight excluding hydrogens is 469 g/mol. The van der Waals surface area contributed by atoms with Crippen molar-refractivity contribution in [2.75, 3.05) is 45.9 Å². The van der Waals surface area contributed by atoms with Crippen LogP contribution in [0.1, 0.15) is 49.0 Å². The minimum atomic E-state index is -0.594. The standard InChI is InChI=1S/C27H35ClFN3O3/c1-20(2)30-26(33)19-32-15-13-31(14-16-32)12-4-3-5-17-35-23-10-11-24(25(29)18-23)27(34)21-6-8-22(28)9-7-21/h6-11,18,20H,3-5,12-17,19H2,1-2H3,(H,30,33). The Bertz CT molecular complexity index is 976. The van der Waals surface area contributed by atoms with Crippen LogP contribution >= 0.6 is 11.6 Å². The molecule has 0 spiro atoms. The van der Waals surface area contributed by atoms with Gasteiger partial charge < -0.3 is 15.0 Å². The molecule has 1 amide bonds. The Kier molecular flexibility index (Phi) is 10.5. The zero-order chi connectivity index (χ0) is 25.2. The molecule has 2 aromatic carbocycles. The Morgan fingerprint density at radius 1 is 1.00 bits per heavy atom. The molecule has 2 aromatic rings. The second kappa shape index (κ2) is 13.6. The van der Waals surface area contributed by atoms with Gasteiger partial charge in [0.25, 0.3) is 0 Å². The molecule has 1 aliphatic rings. The molecule has 0 saturated carbocycles. The second-order valence-electron chi connectivity index (χ2n) is 9.23. The lowest BCUT2D eigenvalue weighted by Crippen LogP contribution is -2.50. The monoisotopic (exact) mass is 503 g/mol. The van der Waals surface area contributed by atoms with Crippen LogP contribution in [0, 0.1) is 5.82 Å². The Balaban J connectivity index is 1.30. The number of halogens is 2. The van der Waals surface area contributed by atoms with Crippen LogP contribution in [-0.2, 0) is 4.79 Å². The van der Waals surface area contributed by atoms with Crippen molar-refractivity contribution in [3.05, 3.63) is 64.4 Å². The number of rotatable bonds is 12. The number of carbonyl (C=O) groups is 2. The van der Waals surface area contributed by atoms with Crippen LogP contribution in [0.3, 0.4) is 0 Å². The summed E-state index contributed by atoms with van der Waals surface area (Å²) in [5.41, 5.74) is 0.403. The first kappa shape index (κ1) is 27.1. The van der Waals surface area contributed by atoms with Crippen molar-refractivity contribution in [1.82, 2.24) is 15.1 Å². The van der Waals surface area contributed by atoms with Crippen molar-refractivity contribution >= 4 is 23.3 Å². The van der Waals surface area contributed by atoms with Crippen LogP contribution in [-0.4, -0.2) is 73.4 Å². The number of unbranched alkanes of at least 4 members (excludes halogenated alkanes) is 2. The van der Waals surface area contributed by atoms with E-state index in [1.165, 1.54) is 12.1 Å². The van der Waals surface area contributed by atoms with Gasteiger partial charge in [0.2, 0.25) is 5.91 Å². The predicted octanol–water partition coefficient (Wildman–Crippen LogP) is 4.40. The molecule has 1 aliphatic heterocycles. The molecule has 0 radical (unpaired) electrons. The first-order valence-electron chi connectivity index (χ1n) is 12.3. The van der Waals surface area contributed by atoms with Gasteiger partial charge in [0.05, 0.1) is 18.7 Å². The van der Waals surface area contributed by atoms with Gasteiger partial charge in [-0.3, -0.25) is 14.5 Å². The average Bonchev–Trinajstić information content (AvgIpc) is 2.82. The van der Waals surface area contributed by atoms with Gasteiger partial charge in [0, 0.05) is 48.9 Å². The van der Waals surface area contributed by atoms with Crippen molar-refractivity contribution in [2.45, 2.75) is 39.2 Å². The summed E-state index contributed by atoms with van der Waals surface area (Å²) in [7, 11) is 0. The molecule has 35 heavy (non-hydrogen) atoms. The lowest BCUT2D eigenvalue weighted by atomic mass is 10.0. The maximum Gasteiger partial charge on any atom is 0.234 e. The quantitative estimate of drug-likeness (QED) is 0.343. The molecule has 190 valence electrons. The van der Waals surface area contributed by atoms with E-state index in [1.54, 1.807) is 30.3 Å². The van der Waals surface area contributed by atoms with Gasteiger partial charge >= 0.3 is 0 Å². The van der Waals surface area contributed by atoms with Gasteiger partial charge in [-0.05, 0) is 76.1 Å². The van der Waals surface area contributed by atoms with Gasteiger partial charge in [0.1, 0.15) is 11.6 Å². The van der Waals surface area contributed by atoms with E-state index in [0.29, 0.717) is 29.5 Å². The SMILES string of the molecule is CC(C)NC(=O)CN1CCN(CCCCCOc2ccc(C(=O)c3ccc(Cl)cc3)c(F)c2)CC1. The zero-order valence-electron chi connectivity index (χ0n) is 20.6. The van der Waals surface area contributed by atoms with E-state index in [-0.39, 0.29) is 23.3 Å². The maximum atomic E-state index is 14.5. The molecule has 1 N–H and O–H groups in total. The Morgan fingerprint density at radius 2 is 1.69 bits per heavy atom. The molecule has 1 saturated heterocycles. The Labute approximate surface area is 212 Å². The van der Waals surface area contributed by atoms with E-state index in [4.69, 9.17) is 16.3 Å². The Hall–Kier alpha value is -2.48. The molecule has 3 rings (SSSR count). The molecule has 0 atom stereocenters. The number of nitrogens with zero attached hydrogens (tertiary/aromatic N) is 2. The number of hydrogen-bond acceptors (Lipinski definition) is 5. The topological polar surface area (TPSA) is 61.9 Å². The number of amides is 1. The Morgan fingerprint density at radius 3 is 2.34 bits per heavy atom. The number of ketones is 1. The summed E-state index contributed by atoms with van der Waals surface area (Å²) in [4.78, 5) is 29.0. The van der Waals surface area contributed by atoms with Gasteiger partial charge in [0.15, 0.2) is 5.78 Å². The van der Waals surface area contributed by atoms with Gasteiger partial charge in [-0.1, -0.05) is 11.6 Å². The highest BCUT2D eigenvalue weighted by atomic mass is 35.5. The zero-order valence-corrected chi connectivity index (χ0v) is 21.3. The number of benzene rings is 2. The highest BCUT2D eigenvalue weighted by Crippen LogP contribution is 2.21. The fourth-order valence-electron chi connectivity index (χ4n) is 4.07. The fourth-order valence-corrected chi connectivity index (χ4v) is 4.20. The molecule has 0 bridgehead atoms. The van der Waals surface area contributed by atoms with E-state index in [0.717, 1.165) is 52.0 Å². The third-order valence-electron chi connectivity index (χ3n) is 5.96. The lowest BCUT2D eigenvalue weighted by molar-refractivity contribution is -0.123. The lowest BCUT2D eigenvalue weighted by Gasteiger charge is -2.34. The van der Waals surface area contributed by atoms with Crippen molar-refractivity contribution in [2.24, 2.45) is 0 Å². The van der Waals surface area contributed by atoms with Crippen LogP contribution in [0.25, 0.3) is 0 Å². The number of carbonyl (C=O) groups excluding carboxylic acids is 2. The average molecular weight is 504 g/mol. The summed E-state index contributed by atoms with van der Waals surface area (Å²) < 4.78 is 20.2. The summed E-state index contributed by atoms with van der Waals surface area (Å²) in [6.45, 7) is 9.73. The van der Waals surface area contributed by atoms with E-state index >= 15 is 0 Å². The second-order valence-corrected chi connectivity index (χ2v) is 9.66. The van der Waals surface area contributed by atoms with E-state index < -0.39 is 5.82 Å². The molecule has 0 aliphatic carbocycles. The summed E-state index contributed by atoms with van der Waals surface area (Å²) in [5, 5.41) is 3.46. The minimum absolute atomic E-state index is 0.0142.